The first-order valence-electron chi connectivity index (χ1n) is 7.08. The summed E-state index contributed by atoms with van der Waals surface area (Å²) in [7, 11) is 0. The molecule has 0 bridgehead atoms. The van der Waals surface area contributed by atoms with E-state index in [1.807, 2.05) is 0 Å². The highest BCUT2D eigenvalue weighted by Crippen LogP contribution is 2.28. The third-order valence-corrected chi connectivity index (χ3v) is 3.98. The number of hydrogen-bond acceptors (Lipinski definition) is 11. The zero-order valence-electron chi connectivity index (χ0n) is 12.0. The number of hydrogen-bond donors (Lipinski definition) is 8. The number of aliphatic hydroxyl groups excluding tert-OH is 8. The second-order valence-corrected chi connectivity index (χ2v) is 5.53. The molecule has 136 valence electrons. The van der Waals surface area contributed by atoms with Crippen LogP contribution in [0.25, 0.3) is 0 Å². The van der Waals surface area contributed by atoms with Gasteiger partial charge in [0, 0.05) is 0 Å². The fourth-order valence-corrected chi connectivity index (χ4v) is 2.57. The number of aliphatic hydroxyl groups is 8. The molecule has 0 spiro atoms. The van der Waals surface area contributed by atoms with E-state index in [1.54, 1.807) is 0 Å². The van der Waals surface area contributed by atoms with E-state index in [9.17, 15) is 35.7 Å². The van der Waals surface area contributed by atoms with Crippen molar-refractivity contribution in [2.24, 2.45) is 0 Å². The fraction of sp³-hybridized carbons (Fsp3) is 1.00. The van der Waals surface area contributed by atoms with Crippen molar-refractivity contribution in [1.29, 1.82) is 0 Å². The molecule has 2 aliphatic heterocycles. The zero-order chi connectivity index (χ0) is 17.3. The van der Waals surface area contributed by atoms with Crippen LogP contribution in [0.5, 0.6) is 0 Å². The highest BCUT2D eigenvalue weighted by Gasteiger charge is 2.50. The van der Waals surface area contributed by atoms with E-state index in [4.69, 9.17) is 19.3 Å². The maximum absolute atomic E-state index is 9.94. The van der Waals surface area contributed by atoms with Crippen LogP contribution in [-0.4, -0.2) is 115 Å². The Morgan fingerprint density at radius 1 is 0.652 bits per heavy atom. The SMILES string of the molecule is OC[C@H]1O[C@H](O[C@@H]2[C@H](O)[C@H](O)[C@H](O)O[C@@H]2CO)[C@H](O)[C@@H](O)[C@H]1O. The smallest absolute Gasteiger partial charge is 0.187 e. The predicted octanol–water partition coefficient (Wildman–Crippen LogP) is -5.40. The Morgan fingerprint density at radius 3 is 1.83 bits per heavy atom. The van der Waals surface area contributed by atoms with Gasteiger partial charge in [0.25, 0.3) is 0 Å². The van der Waals surface area contributed by atoms with Crippen molar-refractivity contribution in [3.8, 4) is 0 Å². The molecule has 0 aliphatic carbocycles. The Morgan fingerprint density at radius 2 is 1.26 bits per heavy atom. The molecule has 2 fully saturated rings. The molecule has 11 heteroatoms. The Kier molecular flexibility index (Phi) is 6.27. The molecule has 2 aliphatic rings. The molecule has 0 radical (unpaired) electrons. The molecule has 0 saturated carbocycles. The lowest BCUT2D eigenvalue weighted by molar-refractivity contribution is -0.355. The molecule has 2 saturated heterocycles. The summed E-state index contributed by atoms with van der Waals surface area (Å²) in [6.07, 6.45) is -15.6. The molecule has 2 heterocycles. The second-order valence-electron chi connectivity index (χ2n) is 5.53. The highest BCUT2D eigenvalue weighted by atomic mass is 16.7. The lowest BCUT2D eigenvalue weighted by Crippen LogP contribution is -2.64. The van der Waals surface area contributed by atoms with Gasteiger partial charge in [0.2, 0.25) is 0 Å². The van der Waals surface area contributed by atoms with Crippen LogP contribution in [0.1, 0.15) is 0 Å². The van der Waals surface area contributed by atoms with E-state index in [1.165, 1.54) is 0 Å². The molecule has 23 heavy (non-hydrogen) atoms. The van der Waals surface area contributed by atoms with Gasteiger partial charge in [-0.3, -0.25) is 0 Å². The summed E-state index contributed by atoms with van der Waals surface area (Å²) in [6.45, 7) is -1.35. The molecule has 0 unspecified atom stereocenters. The van der Waals surface area contributed by atoms with Gasteiger partial charge < -0.3 is 55.1 Å². The summed E-state index contributed by atoms with van der Waals surface area (Å²) in [4.78, 5) is 0. The van der Waals surface area contributed by atoms with Gasteiger partial charge in [0.15, 0.2) is 12.6 Å². The largest absolute Gasteiger partial charge is 0.394 e. The van der Waals surface area contributed by atoms with Crippen LogP contribution >= 0.6 is 0 Å². The molecule has 10 atom stereocenters. The predicted molar refractivity (Wildman–Crippen MR) is 68.6 cm³/mol. The van der Waals surface area contributed by atoms with E-state index < -0.39 is 74.6 Å². The monoisotopic (exact) mass is 342 g/mol. The minimum absolute atomic E-state index is 0.667. The van der Waals surface area contributed by atoms with Crippen LogP contribution in [-0.2, 0) is 14.2 Å². The van der Waals surface area contributed by atoms with Crippen LogP contribution in [0.3, 0.4) is 0 Å². The van der Waals surface area contributed by atoms with Gasteiger partial charge >= 0.3 is 0 Å². The first kappa shape index (κ1) is 18.9. The Hall–Kier alpha value is -0.440. The third-order valence-electron chi connectivity index (χ3n) is 3.98. The van der Waals surface area contributed by atoms with Crippen LogP contribution in [0, 0.1) is 0 Å². The third kappa shape index (κ3) is 3.65. The molecule has 0 aromatic heterocycles. The molecule has 8 N–H and O–H groups in total. The average Bonchev–Trinajstić information content (AvgIpc) is 2.55. The van der Waals surface area contributed by atoms with Crippen LogP contribution in [0.15, 0.2) is 0 Å². The van der Waals surface area contributed by atoms with Crippen molar-refractivity contribution in [2.45, 2.75) is 61.4 Å². The number of ether oxygens (including phenoxy) is 3. The summed E-state index contributed by atoms with van der Waals surface area (Å²) < 4.78 is 15.3. The van der Waals surface area contributed by atoms with Crippen LogP contribution in [0.4, 0.5) is 0 Å². The summed E-state index contributed by atoms with van der Waals surface area (Å²) >= 11 is 0. The van der Waals surface area contributed by atoms with Crippen LogP contribution in [0.2, 0.25) is 0 Å². The summed E-state index contributed by atoms with van der Waals surface area (Å²) in [5.74, 6) is 0. The first-order chi connectivity index (χ1) is 10.8. The van der Waals surface area contributed by atoms with E-state index in [2.05, 4.69) is 0 Å². The Bertz CT molecular complexity index is 378. The van der Waals surface area contributed by atoms with Gasteiger partial charge in [-0.15, -0.1) is 0 Å². The van der Waals surface area contributed by atoms with Crippen LogP contribution < -0.4 is 0 Å². The van der Waals surface area contributed by atoms with Crippen molar-refractivity contribution >= 4 is 0 Å². The van der Waals surface area contributed by atoms with Gasteiger partial charge in [-0.25, -0.2) is 0 Å². The topological polar surface area (TPSA) is 190 Å². The molecular weight excluding hydrogens is 320 g/mol. The lowest BCUT2D eigenvalue weighted by atomic mass is 9.97. The first-order valence-corrected chi connectivity index (χ1v) is 7.08. The second kappa shape index (κ2) is 7.63. The maximum atomic E-state index is 9.94. The molecule has 0 amide bonds. The van der Waals surface area contributed by atoms with Gasteiger partial charge in [-0.1, -0.05) is 0 Å². The molecule has 0 aromatic rings. The Labute approximate surface area is 130 Å². The molecule has 11 nitrogen and oxygen atoms in total. The van der Waals surface area contributed by atoms with Crippen molar-refractivity contribution in [2.75, 3.05) is 13.2 Å². The van der Waals surface area contributed by atoms with E-state index in [0.717, 1.165) is 0 Å². The van der Waals surface area contributed by atoms with E-state index in [-0.39, 0.29) is 0 Å². The zero-order valence-corrected chi connectivity index (χ0v) is 12.0. The standard InChI is InChI=1S/C12H22O11/c13-1-3-5(15)6(16)9(19)12(22-3)23-10-4(2-14)21-11(20)8(18)7(10)17/h3-20H,1-2H2/t3-,4-,5+,6+,7-,8+,9-,10+,11-,12-/m1/s1. The molecule has 0 aromatic carbocycles. The lowest BCUT2D eigenvalue weighted by Gasteiger charge is -2.45. The average molecular weight is 342 g/mol. The minimum Gasteiger partial charge on any atom is -0.394 e. The van der Waals surface area contributed by atoms with Crippen molar-refractivity contribution < 1.29 is 55.1 Å². The highest BCUT2D eigenvalue weighted by molar-refractivity contribution is 4.93. The van der Waals surface area contributed by atoms with Gasteiger partial charge in [-0.2, -0.15) is 0 Å². The van der Waals surface area contributed by atoms with Crippen molar-refractivity contribution in [3.63, 3.8) is 0 Å². The summed E-state index contributed by atoms with van der Waals surface area (Å²) in [5.41, 5.74) is 0. The molecule has 2 rings (SSSR count). The molecular formula is C12H22O11. The summed E-state index contributed by atoms with van der Waals surface area (Å²) in [6, 6.07) is 0. The Balaban J connectivity index is 2.11. The van der Waals surface area contributed by atoms with Gasteiger partial charge in [0.1, 0.15) is 48.8 Å². The van der Waals surface area contributed by atoms with Crippen molar-refractivity contribution in [1.82, 2.24) is 0 Å². The quantitative estimate of drug-likeness (QED) is 0.243. The van der Waals surface area contributed by atoms with E-state index in [0.29, 0.717) is 0 Å². The van der Waals surface area contributed by atoms with E-state index >= 15 is 0 Å². The minimum atomic E-state index is -1.74. The normalized spacial score (nSPS) is 51.7. The fourth-order valence-electron chi connectivity index (χ4n) is 2.57. The maximum Gasteiger partial charge on any atom is 0.187 e. The number of rotatable bonds is 4. The van der Waals surface area contributed by atoms with Gasteiger partial charge in [0.05, 0.1) is 13.2 Å². The summed E-state index contributed by atoms with van der Waals surface area (Å²) in [5, 5.41) is 76.5. The van der Waals surface area contributed by atoms with Gasteiger partial charge in [-0.05, 0) is 0 Å². The van der Waals surface area contributed by atoms with Crippen molar-refractivity contribution in [3.05, 3.63) is 0 Å².